The molecule has 0 bridgehead atoms. The average Bonchev–Trinajstić information content (AvgIpc) is 2.31. The fraction of sp³-hybridized carbons (Fsp3) is 0.600. The number of likely N-dealkylation sites (N-methyl/N-ethyl adjacent to an activating group) is 1. The quantitative estimate of drug-likeness (QED) is 0.841. The largest absolute Gasteiger partial charge is 0.326 e. The first-order valence-corrected chi connectivity index (χ1v) is 6.71. The maximum Gasteiger partial charge on any atom is 0.128 e. The number of halogens is 1. The molecule has 3 heteroatoms. The number of hydrogen-bond donors (Lipinski definition) is 1. The van der Waals surface area contributed by atoms with Gasteiger partial charge in [-0.2, -0.15) is 0 Å². The van der Waals surface area contributed by atoms with E-state index in [1.165, 1.54) is 6.07 Å². The predicted octanol–water partition coefficient (Wildman–Crippen LogP) is 3.33. The molecule has 1 aromatic carbocycles. The van der Waals surface area contributed by atoms with Crippen LogP contribution in [0.4, 0.5) is 4.39 Å². The molecule has 2 nitrogen and oxygen atoms in total. The third-order valence-electron chi connectivity index (χ3n) is 3.56. The summed E-state index contributed by atoms with van der Waals surface area (Å²) in [6.45, 7) is 6.26. The van der Waals surface area contributed by atoms with Crippen LogP contribution in [-0.2, 0) is 0 Å². The topological polar surface area (TPSA) is 29.3 Å². The third-order valence-corrected chi connectivity index (χ3v) is 3.56. The van der Waals surface area contributed by atoms with Crippen LogP contribution in [0, 0.1) is 5.82 Å². The van der Waals surface area contributed by atoms with Crippen LogP contribution in [0.2, 0.25) is 0 Å². The lowest BCUT2D eigenvalue weighted by Crippen LogP contribution is -2.42. The number of benzene rings is 1. The summed E-state index contributed by atoms with van der Waals surface area (Å²) < 4.78 is 13.9. The molecule has 18 heavy (non-hydrogen) atoms. The normalized spacial score (nSPS) is 16.6. The number of nitrogens with zero attached hydrogens (tertiary/aromatic N) is 1. The Morgan fingerprint density at radius 1 is 1.28 bits per heavy atom. The van der Waals surface area contributed by atoms with E-state index in [4.69, 9.17) is 5.73 Å². The zero-order chi connectivity index (χ0) is 13.7. The summed E-state index contributed by atoms with van der Waals surface area (Å²) in [6, 6.07) is 7.13. The molecular weight excluding hydrogens is 227 g/mol. The van der Waals surface area contributed by atoms with E-state index in [0.717, 1.165) is 12.8 Å². The van der Waals surface area contributed by atoms with Crippen molar-refractivity contribution in [3.05, 3.63) is 35.6 Å². The first kappa shape index (κ1) is 15.1. The molecule has 2 N–H and O–H groups in total. The maximum absolute atomic E-state index is 13.9. The van der Waals surface area contributed by atoms with Gasteiger partial charge in [-0.25, -0.2) is 4.39 Å². The summed E-state index contributed by atoms with van der Waals surface area (Å²) in [7, 11) is 2.03. The van der Waals surface area contributed by atoms with Crippen molar-refractivity contribution in [2.24, 2.45) is 5.73 Å². The van der Waals surface area contributed by atoms with E-state index in [2.05, 4.69) is 18.7 Å². The lowest BCUT2D eigenvalue weighted by Gasteiger charge is -2.36. The molecule has 0 aliphatic rings. The second kappa shape index (κ2) is 6.86. The molecule has 102 valence electrons. The Labute approximate surface area is 110 Å². The Hall–Kier alpha value is -0.930. The molecule has 3 atom stereocenters. The van der Waals surface area contributed by atoms with Gasteiger partial charge in [0.2, 0.25) is 0 Å². The van der Waals surface area contributed by atoms with Gasteiger partial charge in [0.15, 0.2) is 0 Å². The molecule has 0 heterocycles. The minimum Gasteiger partial charge on any atom is -0.326 e. The highest BCUT2D eigenvalue weighted by Gasteiger charge is 2.26. The zero-order valence-electron chi connectivity index (χ0n) is 11.9. The van der Waals surface area contributed by atoms with Crippen molar-refractivity contribution in [3.63, 3.8) is 0 Å². The van der Waals surface area contributed by atoms with Gasteiger partial charge in [-0.05, 0) is 33.4 Å². The molecule has 1 aromatic rings. The summed E-state index contributed by atoms with van der Waals surface area (Å²) in [5, 5.41) is 0. The van der Waals surface area contributed by atoms with Gasteiger partial charge in [0.1, 0.15) is 5.82 Å². The first-order chi connectivity index (χ1) is 8.49. The van der Waals surface area contributed by atoms with Gasteiger partial charge in [-0.15, -0.1) is 0 Å². The van der Waals surface area contributed by atoms with Crippen molar-refractivity contribution in [1.82, 2.24) is 4.90 Å². The molecule has 0 saturated carbocycles. The smallest absolute Gasteiger partial charge is 0.128 e. The van der Waals surface area contributed by atoms with E-state index >= 15 is 0 Å². The van der Waals surface area contributed by atoms with Crippen molar-refractivity contribution < 1.29 is 4.39 Å². The highest BCUT2D eigenvalue weighted by atomic mass is 19.1. The fourth-order valence-corrected chi connectivity index (χ4v) is 2.48. The second-order valence-corrected chi connectivity index (χ2v) is 5.13. The Kier molecular flexibility index (Phi) is 5.76. The molecular formula is C15H25FN2. The Balaban J connectivity index is 3.00. The molecule has 0 amide bonds. The van der Waals surface area contributed by atoms with E-state index < -0.39 is 0 Å². The molecule has 0 fully saturated rings. The first-order valence-electron chi connectivity index (χ1n) is 6.71. The van der Waals surface area contributed by atoms with Gasteiger partial charge in [-0.3, -0.25) is 4.90 Å². The average molecular weight is 252 g/mol. The highest BCUT2D eigenvalue weighted by molar-refractivity contribution is 5.22. The summed E-state index contributed by atoms with van der Waals surface area (Å²) in [6.07, 6.45) is 2.21. The Bertz CT molecular complexity index is 365. The molecule has 0 aliphatic heterocycles. The lowest BCUT2D eigenvalue weighted by atomic mass is 9.97. The minimum atomic E-state index is -0.171. The summed E-state index contributed by atoms with van der Waals surface area (Å²) in [4.78, 5) is 2.19. The van der Waals surface area contributed by atoms with E-state index in [0.29, 0.717) is 11.6 Å². The molecule has 0 aliphatic carbocycles. The molecule has 0 spiro atoms. The second-order valence-electron chi connectivity index (χ2n) is 5.13. The zero-order valence-corrected chi connectivity index (χ0v) is 11.9. The number of rotatable bonds is 6. The van der Waals surface area contributed by atoms with Crippen LogP contribution in [0.1, 0.15) is 45.2 Å². The van der Waals surface area contributed by atoms with E-state index in [9.17, 15) is 4.39 Å². The van der Waals surface area contributed by atoms with Gasteiger partial charge in [0, 0.05) is 17.6 Å². The Morgan fingerprint density at radius 3 is 2.39 bits per heavy atom. The number of hydrogen-bond acceptors (Lipinski definition) is 2. The standard InChI is InChI=1S/C15H25FN2/c1-5-8-11(2)18(4)15(12(3)17)13-9-6-7-10-14(13)16/h6-7,9-12,15H,5,8,17H2,1-4H3. The molecule has 0 saturated heterocycles. The summed E-state index contributed by atoms with van der Waals surface area (Å²) in [5.74, 6) is -0.171. The van der Waals surface area contributed by atoms with Crippen molar-refractivity contribution in [2.45, 2.75) is 51.7 Å². The number of nitrogens with two attached hydrogens (primary N) is 1. The molecule has 3 unspecified atom stereocenters. The van der Waals surface area contributed by atoms with Crippen LogP contribution >= 0.6 is 0 Å². The van der Waals surface area contributed by atoms with E-state index in [-0.39, 0.29) is 17.9 Å². The van der Waals surface area contributed by atoms with Crippen molar-refractivity contribution in [1.29, 1.82) is 0 Å². The SMILES string of the molecule is CCCC(C)N(C)C(c1ccccc1F)C(C)N. The summed E-state index contributed by atoms with van der Waals surface area (Å²) >= 11 is 0. The molecule has 0 radical (unpaired) electrons. The van der Waals surface area contributed by atoms with Crippen molar-refractivity contribution >= 4 is 0 Å². The fourth-order valence-electron chi connectivity index (χ4n) is 2.48. The van der Waals surface area contributed by atoms with Crippen LogP contribution in [0.5, 0.6) is 0 Å². The van der Waals surface area contributed by atoms with Crippen molar-refractivity contribution in [2.75, 3.05) is 7.05 Å². The highest BCUT2D eigenvalue weighted by Crippen LogP contribution is 2.27. The van der Waals surface area contributed by atoms with Crippen molar-refractivity contribution in [3.8, 4) is 0 Å². The van der Waals surface area contributed by atoms with Gasteiger partial charge >= 0.3 is 0 Å². The minimum absolute atomic E-state index is 0.0762. The maximum atomic E-state index is 13.9. The van der Waals surface area contributed by atoms with Gasteiger partial charge in [-0.1, -0.05) is 31.5 Å². The van der Waals surface area contributed by atoms with Gasteiger partial charge < -0.3 is 5.73 Å². The monoisotopic (exact) mass is 252 g/mol. The van der Waals surface area contributed by atoms with Gasteiger partial charge in [0.05, 0.1) is 6.04 Å². The van der Waals surface area contributed by atoms with Crippen LogP contribution in [0.25, 0.3) is 0 Å². The van der Waals surface area contributed by atoms with Crippen LogP contribution in [0.3, 0.4) is 0 Å². The third kappa shape index (κ3) is 3.53. The predicted molar refractivity (Wildman–Crippen MR) is 74.9 cm³/mol. The van der Waals surface area contributed by atoms with E-state index in [1.54, 1.807) is 6.07 Å². The molecule has 1 rings (SSSR count). The lowest BCUT2D eigenvalue weighted by molar-refractivity contribution is 0.154. The Morgan fingerprint density at radius 2 is 1.89 bits per heavy atom. The van der Waals surface area contributed by atoms with Crippen LogP contribution < -0.4 is 5.73 Å². The summed E-state index contributed by atoms with van der Waals surface area (Å²) in [5.41, 5.74) is 6.76. The van der Waals surface area contributed by atoms with Gasteiger partial charge in [0.25, 0.3) is 0 Å². The van der Waals surface area contributed by atoms with Crippen LogP contribution in [-0.4, -0.2) is 24.0 Å². The van der Waals surface area contributed by atoms with E-state index in [1.807, 2.05) is 26.1 Å². The van der Waals surface area contributed by atoms with Crippen LogP contribution in [0.15, 0.2) is 24.3 Å². The molecule has 0 aromatic heterocycles.